The van der Waals surface area contributed by atoms with Crippen LogP contribution in [0.5, 0.6) is 0 Å². The molecule has 0 bridgehead atoms. The zero-order valence-corrected chi connectivity index (χ0v) is 11.7. The van der Waals surface area contributed by atoms with Crippen LogP contribution in [0.3, 0.4) is 0 Å². The SMILES string of the molecule is CC.CCCCOCCOCCNCCC. The number of hydrogen-bond acceptors (Lipinski definition) is 3. The minimum absolute atomic E-state index is 0.720. The Kier molecular flexibility index (Phi) is 23.2. The van der Waals surface area contributed by atoms with Crippen molar-refractivity contribution in [3.05, 3.63) is 0 Å². The molecule has 0 saturated heterocycles. The Bertz CT molecular complexity index is 87.9. The van der Waals surface area contributed by atoms with Gasteiger partial charge in [0.15, 0.2) is 0 Å². The van der Waals surface area contributed by atoms with E-state index in [1.165, 1.54) is 12.8 Å². The van der Waals surface area contributed by atoms with Gasteiger partial charge in [0.25, 0.3) is 0 Å². The average molecular weight is 233 g/mol. The zero-order valence-electron chi connectivity index (χ0n) is 11.7. The Balaban J connectivity index is 0. The first-order chi connectivity index (χ1) is 7.91. The highest BCUT2D eigenvalue weighted by atomic mass is 16.5. The largest absolute Gasteiger partial charge is 0.379 e. The van der Waals surface area contributed by atoms with Crippen molar-refractivity contribution in [1.82, 2.24) is 5.32 Å². The van der Waals surface area contributed by atoms with Gasteiger partial charge >= 0.3 is 0 Å². The van der Waals surface area contributed by atoms with E-state index in [-0.39, 0.29) is 0 Å². The van der Waals surface area contributed by atoms with Gasteiger partial charge in [0.2, 0.25) is 0 Å². The summed E-state index contributed by atoms with van der Waals surface area (Å²) in [7, 11) is 0. The lowest BCUT2D eigenvalue weighted by Crippen LogP contribution is -2.21. The lowest BCUT2D eigenvalue weighted by atomic mass is 10.4. The first-order valence-electron chi connectivity index (χ1n) is 6.78. The third-order valence-corrected chi connectivity index (χ3v) is 1.86. The summed E-state index contributed by atoms with van der Waals surface area (Å²) in [4.78, 5) is 0. The fraction of sp³-hybridized carbons (Fsp3) is 1.00. The molecule has 16 heavy (non-hydrogen) atoms. The Morgan fingerprint density at radius 1 is 0.750 bits per heavy atom. The van der Waals surface area contributed by atoms with Crippen LogP contribution in [-0.2, 0) is 9.47 Å². The molecule has 0 heterocycles. The zero-order chi connectivity index (χ0) is 12.5. The van der Waals surface area contributed by atoms with Crippen LogP contribution < -0.4 is 5.32 Å². The molecule has 0 atom stereocenters. The van der Waals surface area contributed by atoms with E-state index in [9.17, 15) is 0 Å². The van der Waals surface area contributed by atoms with Crippen LogP contribution in [0.15, 0.2) is 0 Å². The highest BCUT2D eigenvalue weighted by Crippen LogP contribution is 1.87. The van der Waals surface area contributed by atoms with Gasteiger partial charge in [-0.05, 0) is 19.4 Å². The minimum Gasteiger partial charge on any atom is -0.379 e. The van der Waals surface area contributed by atoms with E-state index >= 15 is 0 Å². The maximum absolute atomic E-state index is 5.37. The summed E-state index contributed by atoms with van der Waals surface area (Å²) < 4.78 is 10.7. The van der Waals surface area contributed by atoms with Crippen LogP contribution >= 0.6 is 0 Å². The summed E-state index contributed by atoms with van der Waals surface area (Å²) in [6.07, 6.45) is 3.53. The van der Waals surface area contributed by atoms with E-state index in [0.717, 1.165) is 45.9 Å². The molecule has 3 heteroatoms. The summed E-state index contributed by atoms with van der Waals surface area (Å²) in [5, 5.41) is 3.28. The second-order valence-corrected chi connectivity index (χ2v) is 3.33. The Hall–Kier alpha value is -0.120. The second kappa shape index (κ2) is 20.3. The fourth-order valence-electron chi connectivity index (χ4n) is 1.01. The van der Waals surface area contributed by atoms with E-state index in [4.69, 9.17) is 9.47 Å². The third-order valence-electron chi connectivity index (χ3n) is 1.86. The lowest BCUT2D eigenvalue weighted by molar-refractivity contribution is 0.0478. The topological polar surface area (TPSA) is 30.5 Å². The standard InChI is InChI=1S/C11H25NO2.C2H6/c1-3-5-8-13-10-11-14-9-7-12-6-4-2;1-2/h12H,3-11H2,1-2H3;1-2H3. The molecule has 0 unspecified atom stereocenters. The van der Waals surface area contributed by atoms with Crippen LogP contribution in [0.25, 0.3) is 0 Å². The smallest absolute Gasteiger partial charge is 0.0701 e. The first-order valence-corrected chi connectivity index (χ1v) is 6.78. The van der Waals surface area contributed by atoms with Crippen LogP contribution in [0.1, 0.15) is 47.0 Å². The van der Waals surface area contributed by atoms with Crippen LogP contribution in [0.4, 0.5) is 0 Å². The minimum atomic E-state index is 0.720. The molecule has 100 valence electrons. The molecule has 0 aliphatic rings. The van der Waals surface area contributed by atoms with Crippen molar-refractivity contribution in [3.8, 4) is 0 Å². The summed E-state index contributed by atoms with van der Waals surface area (Å²) >= 11 is 0. The Labute approximate surface area is 102 Å². The molecule has 0 aromatic heterocycles. The predicted octanol–water partition coefficient (Wildman–Crippen LogP) is 2.85. The van der Waals surface area contributed by atoms with Gasteiger partial charge in [0, 0.05) is 13.2 Å². The Morgan fingerprint density at radius 3 is 1.94 bits per heavy atom. The maximum atomic E-state index is 5.37. The van der Waals surface area contributed by atoms with E-state index in [1.807, 2.05) is 13.8 Å². The normalized spacial score (nSPS) is 9.75. The van der Waals surface area contributed by atoms with Gasteiger partial charge < -0.3 is 14.8 Å². The van der Waals surface area contributed by atoms with Gasteiger partial charge in [-0.3, -0.25) is 0 Å². The number of nitrogens with one attached hydrogen (secondary N) is 1. The molecule has 0 fully saturated rings. The summed E-state index contributed by atoms with van der Waals surface area (Å²) in [5.74, 6) is 0. The quantitative estimate of drug-likeness (QED) is 0.557. The monoisotopic (exact) mass is 233 g/mol. The van der Waals surface area contributed by atoms with E-state index in [1.54, 1.807) is 0 Å². The van der Waals surface area contributed by atoms with Crippen molar-refractivity contribution >= 4 is 0 Å². The molecule has 0 aliphatic heterocycles. The first kappa shape index (κ1) is 18.3. The third kappa shape index (κ3) is 19.5. The molecule has 0 radical (unpaired) electrons. The summed E-state index contributed by atoms with van der Waals surface area (Å²) in [6.45, 7) is 13.5. The highest BCUT2D eigenvalue weighted by molar-refractivity contribution is 4.43. The van der Waals surface area contributed by atoms with Crippen molar-refractivity contribution in [2.45, 2.75) is 47.0 Å². The van der Waals surface area contributed by atoms with Crippen LogP contribution in [0, 0.1) is 0 Å². The predicted molar refractivity (Wildman–Crippen MR) is 71.1 cm³/mol. The molecule has 0 aromatic rings. The van der Waals surface area contributed by atoms with Gasteiger partial charge in [0.05, 0.1) is 19.8 Å². The molecule has 3 nitrogen and oxygen atoms in total. The van der Waals surface area contributed by atoms with E-state index < -0.39 is 0 Å². The number of hydrogen-bond donors (Lipinski definition) is 1. The van der Waals surface area contributed by atoms with Gasteiger partial charge in [-0.25, -0.2) is 0 Å². The number of rotatable bonds is 11. The van der Waals surface area contributed by atoms with Gasteiger partial charge in [-0.1, -0.05) is 34.1 Å². The number of unbranched alkanes of at least 4 members (excludes halogenated alkanes) is 1. The van der Waals surface area contributed by atoms with E-state index in [0.29, 0.717) is 0 Å². The number of ether oxygens (including phenoxy) is 2. The molecule has 0 aliphatic carbocycles. The van der Waals surface area contributed by atoms with Gasteiger partial charge in [0.1, 0.15) is 0 Å². The molecule has 0 amide bonds. The molecular formula is C13H31NO2. The van der Waals surface area contributed by atoms with E-state index in [2.05, 4.69) is 19.2 Å². The molecule has 0 spiro atoms. The van der Waals surface area contributed by atoms with Crippen LogP contribution in [-0.4, -0.2) is 39.5 Å². The molecular weight excluding hydrogens is 202 g/mol. The van der Waals surface area contributed by atoms with Crippen molar-refractivity contribution in [3.63, 3.8) is 0 Å². The lowest BCUT2D eigenvalue weighted by Gasteiger charge is -2.05. The van der Waals surface area contributed by atoms with Crippen LogP contribution in [0.2, 0.25) is 0 Å². The molecule has 1 N–H and O–H groups in total. The van der Waals surface area contributed by atoms with Gasteiger partial charge in [-0.15, -0.1) is 0 Å². The fourth-order valence-corrected chi connectivity index (χ4v) is 1.01. The highest BCUT2D eigenvalue weighted by Gasteiger charge is 1.89. The molecule has 0 rings (SSSR count). The molecule has 0 aromatic carbocycles. The summed E-state index contributed by atoms with van der Waals surface area (Å²) in [5.41, 5.74) is 0. The summed E-state index contributed by atoms with van der Waals surface area (Å²) in [6, 6.07) is 0. The molecule has 0 saturated carbocycles. The van der Waals surface area contributed by atoms with Crippen molar-refractivity contribution in [2.75, 3.05) is 39.5 Å². The van der Waals surface area contributed by atoms with Crippen molar-refractivity contribution in [1.29, 1.82) is 0 Å². The Morgan fingerprint density at radius 2 is 1.38 bits per heavy atom. The maximum Gasteiger partial charge on any atom is 0.0701 e. The average Bonchev–Trinajstić information content (AvgIpc) is 2.34. The van der Waals surface area contributed by atoms with Crippen molar-refractivity contribution in [2.24, 2.45) is 0 Å². The second-order valence-electron chi connectivity index (χ2n) is 3.33. The van der Waals surface area contributed by atoms with Gasteiger partial charge in [-0.2, -0.15) is 0 Å². The van der Waals surface area contributed by atoms with Crippen molar-refractivity contribution < 1.29 is 9.47 Å².